The summed E-state index contributed by atoms with van der Waals surface area (Å²) < 4.78 is 19.5. The largest absolute Gasteiger partial charge is 0.494 e. The molecule has 1 unspecified atom stereocenters. The molecule has 1 saturated heterocycles. The van der Waals surface area contributed by atoms with Gasteiger partial charge in [-0.25, -0.2) is 0 Å². The van der Waals surface area contributed by atoms with Gasteiger partial charge in [-0.1, -0.05) is 53.8 Å². The second-order valence-electron chi connectivity index (χ2n) is 12.7. The SMILES string of the molecule is Cc1c(C)c2c(c(C)c1OCc1ccccc1)C(CN1CCC[C@H]1COc1ccc(Cc3sc(=O)[nH]c3O)cc1)C(C)(C)O2. The van der Waals surface area contributed by atoms with E-state index in [2.05, 4.69) is 56.6 Å². The predicted octanol–water partition coefficient (Wildman–Crippen LogP) is 7.04. The number of benzene rings is 3. The van der Waals surface area contributed by atoms with Gasteiger partial charge < -0.3 is 19.3 Å². The van der Waals surface area contributed by atoms with Crippen molar-refractivity contribution in [3.05, 3.63) is 103 Å². The zero-order valence-corrected chi connectivity index (χ0v) is 27.1. The van der Waals surface area contributed by atoms with Crippen molar-refractivity contribution in [1.29, 1.82) is 0 Å². The van der Waals surface area contributed by atoms with Crippen molar-refractivity contribution in [1.82, 2.24) is 9.88 Å². The van der Waals surface area contributed by atoms with Gasteiger partial charge in [0, 0.05) is 30.5 Å². The first-order valence-electron chi connectivity index (χ1n) is 15.5. The van der Waals surface area contributed by atoms with Crippen molar-refractivity contribution in [2.75, 3.05) is 19.7 Å². The second-order valence-corrected chi connectivity index (χ2v) is 13.8. The van der Waals surface area contributed by atoms with E-state index in [1.165, 1.54) is 11.1 Å². The Hall–Kier alpha value is -3.75. The average molecular weight is 615 g/mol. The van der Waals surface area contributed by atoms with E-state index < -0.39 is 0 Å². The zero-order valence-electron chi connectivity index (χ0n) is 26.2. The molecule has 4 aromatic rings. The number of thiazole rings is 1. The van der Waals surface area contributed by atoms with Gasteiger partial charge in [-0.3, -0.25) is 14.7 Å². The fourth-order valence-electron chi connectivity index (χ4n) is 6.72. The summed E-state index contributed by atoms with van der Waals surface area (Å²) in [7, 11) is 0. The lowest BCUT2D eigenvalue weighted by Gasteiger charge is -2.33. The smallest absolute Gasteiger partial charge is 0.307 e. The Labute approximate surface area is 263 Å². The maximum atomic E-state index is 11.5. The monoisotopic (exact) mass is 614 g/mol. The number of hydrogen-bond donors (Lipinski definition) is 2. The van der Waals surface area contributed by atoms with Crippen LogP contribution in [0.5, 0.6) is 23.1 Å². The van der Waals surface area contributed by atoms with E-state index in [4.69, 9.17) is 14.2 Å². The van der Waals surface area contributed by atoms with Crippen molar-refractivity contribution in [2.45, 2.75) is 78.0 Å². The summed E-state index contributed by atoms with van der Waals surface area (Å²) in [5.41, 5.74) is 6.60. The highest BCUT2D eigenvalue weighted by Gasteiger charge is 2.46. The van der Waals surface area contributed by atoms with Gasteiger partial charge in [-0.15, -0.1) is 0 Å². The number of nitrogens with one attached hydrogen (secondary N) is 1. The van der Waals surface area contributed by atoms with E-state index in [0.717, 1.165) is 76.8 Å². The Balaban J connectivity index is 1.15. The van der Waals surface area contributed by atoms with Gasteiger partial charge in [0.05, 0.1) is 4.88 Å². The number of aromatic amines is 1. The van der Waals surface area contributed by atoms with Crippen LogP contribution in [-0.4, -0.2) is 46.3 Å². The maximum Gasteiger partial charge on any atom is 0.307 e. The summed E-state index contributed by atoms with van der Waals surface area (Å²) >= 11 is 1.04. The van der Waals surface area contributed by atoms with Crippen LogP contribution in [0.1, 0.15) is 70.9 Å². The van der Waals surface area contributed by atoms with E-state index in [0.29, 0.717) is 30.6 Å². The van der Waals surface area contributed by atoms with Gasteiger partial charge >= 0.3 is 4.87 Å². The predicted molar refractivity (Wildman–Crippen MR) is 175 cm³/mol. The molecule has 2 aliphatic heterocycles. The van der Waals surface area contributed by atoms with Crippen molar-refractivity contribution in [2.24, 2.45) is 0 Å². The third-order valence-electron chi connectivity index (χ3n) is 9.36. The summed E-state index contributed by atoms with van der Waals surface area (Å²) in [5.74, 6) is 2.98. The van der Waals surface area contributed by atoms with Crippen LogP contribution in [0.3, 0.4) is 0 Å². The number of fused-ring (bicyclic) bond motifs is 1. The number of rotatable bonds is 10. The zero-order chi connectivity index (χ0) is 31.0. The fraction of sp³-hybridized carbons (Fsp3) is 0.417. The molecule has 3 heterocycles. The Morgan fingerprint density at radius 3 is 2.45 bits per heavy atom. The van der Waals surface area contributed by atoms with Crippen LogP contribution in [0.4, 0.5) is 0 Å². The van der Waals surface area contributed by atoms with E-state index in [-0.39, 0.29) is 22.3 Å². The Morgan fingerprint density at radius 2 is 1.75 bits per heavy atom. The number of ether oxygens (including phenoxy) is 3. The van der Waals surface area contributed by atoms with Crippen molar-refractivity contribution >= 4 is 11.3 Å². The molecule has 0 bridgehead atoms. The number of likely N-dealkylation sites (tertiary alicyclic amines) is 1. The number of hydrogen-bond acceptors (Lipinski definition) is 7. The Bertz CT molecular complexity index is 1680. The molecule has 0 radical (unpaired) electrons. The van der Waals surface area contributed by atoms with Gasteiger partial charge in [0.2, 0.25) is 5.88 Å². The van der Waals surface area contributed by atoms with Crippen LogP contribution in [0.15, 0.2) is 59.4 Å². The van der Waals surface area contributed by atoms with Crippen LogP contribution in [0, 0.1) is 20.8 Å². The van der Waals surface area contributed by atoms with Gasteiger partial charge in [-0.2, -0.15) is 0 Å². The minimum Gasteiger partial charge on any atom is -0.494 e. The molecular formula is C36H42N2O5S. The number of aromatic nitrogens is 1. The normalized spacial score (nSPS) is 19.1. The van der Waals surface area contributed by atoms with Gasteiger partial charge in [-0.05, 0) is 94.0 Å². The highest BCUT2D eigenvalue weighted by atomic mass is 32.1. The molecule has 1 aromatic heterocycles. The third kappa shape index (κ3) is 6.10. The van der Waals surface area contributed by atoms with Crippen molar-refractivity contribution < 1.29 is 19.3 Å². The van der Waals surface area contributed by atoms with Crippen LogP contribution in [0.2, 0.25) is 0 Å². The number of aromatic hydroxyl groups is 1. The van der Waals surface area contributed by atoms with E-state index in [9.17, 15) is 9.90 Å². The van der Waals surface area contributed by atoms with E-state index in [1.807, 2.05) is 42.5 Å². The minimum absolute atomic E-state index is 0.0449. The van der Waals surface area contributed by atoms with Crippen LogP contribution in [-0.2, 0) is 13.0 Å². The molecule has 6 rings (SSSR count). The Kier molecular flexibility index (Phi) is 8.49. The standard InChI is InChI=1S/C36H42N2O5S/c1-22-23(2)33-31(24(3)32(22)42-20-26-10-7-6-8-11-26)29(36(4,5)43-33)19-38-17-9-12-27(38)21-41-28-15-13-25(14-16-28)18-30-34(39)37-35(40)44-30/h6-8,10-11,13-16,27,29,39H,9,12,17-21H2,1-5H3,(H,37,40)/t27-,29?/m0/s1. The molecule has 3 aromatic carbocycles. The van der Waals surface area contributed by atoms with Crippen LogP contribution in [0.25, 0.3) is 0 Å². The molecule has 1 fully saturated rings. The lowest BCUT2D eigenvalue weighted by atomic mass is 9.82. The third-order valence-corrected chi connectivity index (χ3v) is 10.2. The fourth-order valence-corrected chi connectivity index (χ4v) is 7.48. The molecule has 0 spiro atoms. The molecule has 44 heavy (non-hydrogen) atoms. The van der Waals surface area contributed by atoms with Crippen LogP contribution < -0.4 is 19.1 Å². The molecule has 7 nitrogen and oxygen atoms in total. The number of nitrogens with zero attached hydrogens (tertiary/aromatic N) is 1. The second kappa shape index (κ2) is 12.3. The Morgan fingerprint density at radius 1 is 1.00 bits per heavy atom. The molecule has 2 aliphatic rings. The summed E-state index contributed by atoms with van der Waals surface area (Å²) in [6, 6.07) is 18.6. The minimum atomic E-state index is -0.339. The molecular weight excluding hydrogens is 572 g/mol. The number of H-pyrrole nitrogens is 1. The lowest BCUT2D eigenvalue weighted by molar-refractivity contribution is 0.0791. The van der Waals surface area contributed by atoms with Gasteiger partial charge in [0.15, 0.2) is 0 Å². The average Bonchev–Trinajstić information content (AvgIpc) is 3.66. The van der Waals surface area contributed by atoms with Crippen molar-refractivity contribution in [3.63, 3.8) is 0 Å². The van der Waals surface area contributed by atoms with Crippen LogP contribution >= 0.6 is 11.3 Å². The van der Waals surface area contributed by atoms with Crippen molar-refractivity contribution in [3.8, 4) is 23.1 Å². The molecule has 0 amide bonds. The summed E-state index contributed by atoms with van der Waals surface area (Å²) in [4.78, 5) is 16.9. The molecule has 232 valence electrons. The first kappa shape index (κ1) is 30.3. The van der Waals surface area contributed by atoms with E-state index >= 15 is 0 Å². The summed E-state index contributed by atoms with van der Waals surface area (Å²) in [6.07, 6.45) is 2.75. The molecule has 8 heteroatoms. The highest BCUT2D eigenvalue weighted by Crippen LogP contribution is 2.52. The van der Waals surface area contributed by atoms with Gasteiger partial charge in [0.25, 0.3) is 0 Å². The molecule has 2 N–H and O–H groups in total. The first-order chi connectivity index (χ1) is 21.1. The highest BCUT2D eigenvalue weighted by molar-refractivity contribution is 7.09. The summed E-state index contributed by atoms with van der Waals surface area (Å²) in [6.45, 7) is 14.0. The quantitative estimate of drug-likeness (QED) is 0.200. The maximum absolute atomic E-state index is 11.5. The van der Waals surface area contributed by atoms with Gasteiger partial charge in [0.1, 0.15) is 36.1 Å². The molecule has 0 aliphatic carbocycles. The molecule has 0 saturated carbocycles. The first-order valence-corrected chi connectivity index (χ1v) is 16.3. The summed E-state index contributed by atoms with van der Waals surface area (Å²) in [5, 5.41) is 9.90. The lowest BCUT2D eigenvalue weighted by Crippen LogP contribution is -2.42. The molecule has 2 atom stereocenters. The van der Waals surface area contributed by atoms with E-state index in [1.54, 1.807) is 0 Å². The topological polar surface area (TPSA) is 84.0 Å².